The Balaban J connectivity index is 1.57. The molecule has 0 atom stereocenters. The van der Waals surface area contributed by atoms with Crippen molar-refractivity contribution < 1.29 is 13.9 Å². The highest BCUT2D eigenvalue weighted by molar-refractivity contribution is 5.92. The molecule has 2 aromatic rings. The molecular weight excluding hydrogens is 299 g/mol. The third kappa shape index (κ3) is 4.01. The molecule has 1 aliphatic rings. The van der Waals surface area contributed by atoms with Gasteiger partial charge in [0.2, 0.25) is 0 Å². The molecule has 7 heteroatoms. The summed E-state index contributed by atoms with van der Waals surface area (Å²) in [5.41, 5.74) is 1.07. The molecule has 1 aromatic heterocycles. The van der Waals surface area contributed by atoms with Crippen molar-refractivity contribution in [3.63, 3.8) is 0 Å². The molecule has 6 nitrogen and oxygen atoms in total. The summed E-state index contributed by atoms with van der Waals surface area (Å²) in [5.74, 6) is 0.128. The van der Waals surface area contributed by atoms with Crippen molar-refractivity contribution in [2.75, 3.05) is 31.2 Å². The highest BCUT2D eigenvalue weighted by Gasteiger charge is 2.14. The number of halogens is 1. The average molecular weight is 316 g/mol. The molecule has 0 saturated carbocycles. The van der Waals surface area contributed by atoms with Gasteiger partial charge in [-0.2, -0.15) is 0 Å². The van der Waals surface area contributed by atoms with Crippen molar-refractivity contribution in [3.05, 3.63) is 53.5 Å². The summed E-state index contributed by atoms with van der Waals surface area (Å²) in [6.45, 7) is 3.19. The van der Waals surface area contributed by atoms with Crippen LogP contribution in [0.5, 0.6) is 0 Å². The maximum atomic E-state index is 12.8. The van der Waals surface area contributed by atoms with Crippen molar-refractivity contribution in [1.82, 2.24) is 15.5 Å². The van der Waals surface area contributed by atoms with Crippen molar-refractivity contribution in [1.29, 1.82) is 0 Å². The molecule has 2 heterocycles. The van der Waals surface area contributed by atoms with Crippen LogP contribution in [-0.2, 0) is 11.3 Å². The third-order valence-corrected chi connectivity index (χ3v) is 3.58. The summed E-state index contributed by atoms with van der Waals surface area (Å²) in [7, 11) is 0. The number of anilines is 1. The van der Waals surface area contributed by atoms with E-state index in [-0.39, 0.29) is 17.4 Å². The topological polar surface area (TPSA) is 67.4 Å². The fraction of sp³-hybridized carbons (Fsp3) is 0.312. The highest BCUT2D eigenvalue weighted by Crippen LogP contribution is 2.11. The first-order valence-corrected chi connectivity index (χ1v) is 7.41. The Labute approximate surface area is 133 Å². The number of hydrogen-bond donors (Lipinski definition) is 1. The van der Waals surface area contributed by atoms with Gasteiger partial charge in [-0.1, -0.05) is 12.1 Å². The molecule has 1 aliphatic heterocycles. The van der Waals surface area contributed by atoms with Crippen LogP contribution in [0.25, 0.3) is 0 Å². The maximum Gasteiger partial charge on any atom is 0.272 e. The van der Waals surface area contributed by atoms with E-state index in [0.717, 1.165) is 24.5 Å². The van der Waals surface area contributed by atoms with Gasteiger partial charge in [-0.25, -0.2) is 4.39 Å². The summed E-state index contributed by atoms with van der Waals surface area (Å²) in [4.78, 5) is 14.1. The molecular formula is C16H17FN4O2. The molecule has 1 N–H and O–H groups in total. The lowest BCUT2D eigenvalue weighted by molar-refractivity contribution is 0.0944. The zero-order valence-corrected chi connectivity index (χ0v) is 12.5. The van der Waals surface area contributed by atoms with Crippen LogP contribution in [0.15, 0.2) is 36.4 Å². The van der Waals surface area contributed by atoms with Gasteiger partial charge in [-0.05, 0) is 29.8 Å². The second kappa shape index (κ2) is 7.15. The van der Waals surface area contributed by atoms with E-state index in [1.165, 1.54) is 12.1 Å². The van der Waals surface area contributed by atoms with Gasteiger partial charge in [0.1, 0.15) is 5.82 Å². The predicted octanol–water partition coefficient (Wildman–Crippen LogP) is 1.38. The molecule has 3 rings (SSSR count). The van der Waals surface area contributed by atoms with Crippen molar-refractivity contribution in [2.45, 2.75) is 6.54 Å². The lowest BCUT2D eigenvalue weighted by atomic mass is 10.2. The molecule has 0 radical (unpaired) electrons. The Hall–Kier alpha value is -2.54. The van der Waals surface area contributed by atoms with Gasteiger partial charge >= 0.3 is 0 Å². The number of carbonyl (C=O) groups excluding carboxylic acids is 1. The first kappa shape index (κ1) is 15.4. The number of carbonyl (C=O) groups is 1. The predicted molar refractivity (Wildman–Crippen MR) is 82.6 cm³/mol. The molecule has 0 aliphatic carbocycles. The number of aromatic nitrogens is 2. The standard InChI is InChI=1S/C16H17FN4O2/c17-13-3-1-12(2-4-13)11-18-16(22)14-5-6-15(20-19-14)21-7-9-23-10-8-21/h1-6H,7-11H2,(H,18,22). The molecule has 0 spiro atoms. The normalized spacial score (nSPS) is 14.6. The van der Waals surface area contributed by atoms with Crippen LogP contribution in [0.2, 0.25) is 0 Å². The molecule has 0 unspecified atom stereocenters. The van der Waals surface area contributed by atoms with Crippen molar-refractivity contribution >= 4 is 11.7 Å². The van der Waals surface area contributed by atoms with Gasteiger partial charge in [0.05, 0.1) is 13.2 Å². The Kier molecular flexibility index (Phi) is 4.77. The summed E-state index contributed by atoms with van der Waals surface area (Å²) >= 11 is 0. The fourth-order valence-corrected chi connectivity index (χ4v) is 2.28. The van der Waals surface area contributed by atoms with Gasteiger partial charge in [-0.15, -0.1) is 10.2 Å². The number of benzene rings is 1. The highest BCUT2D eigenvalue weighted by atomic mass is 19.1. The minimum absolute atomic E-state index is 0.254. The molecule has 1 aromatic carbocycles. The van der Waals surface area contributed by atoms with Crippen LogP contribution in [0.4, 0.5) is 10.2 Å². The van der Waals surface area contributed by atoms with Crippen LogP contribution < -0.4 is 10.2 Å². The first-order valence-electron chi connectivity index (χ1n) is 7.41. The van der Waals surface area contributed by atoms with E-state index >= 15 is 0 Å². The minimum Gasteiger partial charge on any atom is -0.378 e. The monoisotopic (exact) mass is 316 g/mol. The average Bonchev–Trinajstić information content (AvgIpc) is 2.62. The quantitative estimate of drug-likeness (QED) is 0.923. The van der Waals surface area contributed by atoms with Crippen molar-refractivity contribution in [2.24, 2.45) is 0 Å². The number of morpholine rings is 1. The zero-order chi connectivity index (χ0) is 16.1. The zero-order valence-electron chi connectivity index (χ0n) is 12.5. The largest absolute Gasteiger partial charge is 0.378 e. The van der Waals surface area contributed by atoms with Crippen LogP contribution in [-0.4, -0.2) is 42.4 Å². The number of hydrogen-bond acceptors (Lipinski definition) is 5. The summed E-state index contributed by atoms with van der Waals surface area (Å²) in [5, 5.41) is 10.8. The van der Waals surface area contributed by atoms with Crippen LogP contribution in [0, 0.1) is 5.82 Å². The summed E-state index contributed by atoms with van der Waals surface area (Å²) in [6, 6.07) is 9.41. The maximum absolute atomic E-state index is 12.8. The van der Waals surface area contributed by atoms with E-state index < -0.39 is 0 Å². The summed E-state index contributed by atoms with van der Waals surface area (Å²) in [6.07, 6.45) is 0. The lowest BCUT2D eigenvalue weighted by Gasteiger charge is -2.27. The minimum atomic E-state index is -0.310. The Morgan fingerprint density at radius 1 is 1.13 bits per heavy atom. The van der Waals surface area contributed by atoms with Crippen LogP contribution in [0.1, 0.15) is 16.1 Å². The van der Waals surface area contributed by atoms with E-state index in [4.69, 9.17) is 4.74 Å². The Morgan fingerprint density at radius 3 is 2.52 bits per heavy atom. The third-order valence-electron chi connectivity index (χ3n) is 3.58. The second-order valence-corrected chi connectivity index (χ2v) is 5.19. The van der Waals surface area contributed by atoms with E-state index in [2.05, 4.69) is 20.4 Å². The van der Waals surface area contributed by atoms with E-state index in [9.17, 15) is 9.18 Å². The Morgan fingerprint density at radius 2 is 1.87 bits per heavy atom. The molecule has 1 amide bonds. The van der Waals surface area contributed by atoms with Gasteiger partial charge < -0.3 is 15.0 Å². The Bertz CT molecular complexity index is 655. The van der Waals surface area contributed by atoms with Gasteiger partial charge in [0.25, 0.3) is 5.91 Å². The number of ether oxygens (including phenoxy) is 1. The van der Waals surface area contributed by atoms with Crippen molar-refractivity contribution in [3.8, 4) is 0 Å². The first-order chi connectivity index (χ1) is 11.2. The van der Waals surface area contributed by atoms with Gasteiger partial charge in [0.15, 0.2) is 11.5 Å². The fourth-order valence-electron chi connectivity index (χ4n) is 2.28. The van der Waals surface area contributed by atoms with Crippen LogP contribution >= 0.6 is 0 Å². The van der Waals surface area contributed by atoms with Gasteiger partial charge in [0, 0.05) is 19.6 Å². The number of nitrogens with zero attached hydrogens (tertiary/aromatic N) is 3. The SMILES string of the molecule is O=C(NCc1ccc(F)cc1)c1ccc(N2CCOCC2)nn1. The smallest absolute Gasteiger partial charge is 0.272 e. The van der Waals surface area contributed by atoms with E-state index in [1.54, 1.807) is 24.3 Å². The number of rotatable bonds is 4. The lowest BCUT2D eigenvalue weighted by Crippen LogP contribution is -2.37. The molecule has 1 fully saturated rings. The molecule has 23 heavy (non-hydrogen) atoms. The molecule has 1 saturated heterocycles. The number of nitrogens with one attached hydrogen (secondary N) is 1. The summed E-state index contributed by atoms with van der Waals surface area (Å²) < 4.78 is 18.1. The van der Waals surface area contributed by atoms with Crippen LogP contribution in [0.3, 0.4) is 0 Å². The number of amides is 1. The van der Waals surface area contributed by atoms with E-state index in [0.29, 0.717) is 19.8 Å². The van der Waals surface area contributed by atoms with Gasteiger partial charge in [-0.3, -0.25) is 4.79 Å². The second-order valence-electron chi connectivity index (χ2n) is 5.19. The van der Waals surface area contributed by atoms with E-state index in [1.807, 2.05) is 0 Å². The molecule has 0 bridgehead atoms. The molecule has 120 valence electrons.